The van der Waals surface area contributed by atoms with Crippen LogP contribution in [0.2, 0.25) is 0 Å². The first-order valence-corrected chi connectivity index (χ1v) is 4.32. The van der Waals surface area contributed by atoms with Crippen LogP contribution in [0.15, 0.2) is 11.3 Å². The van der Waals surface area contributed by atoms with Gasteiger partial charge in [0.25, 0.3) is 5.91 Å². The third kappa shape index (κ3) is 1.81. The fourth-order valence-corrected chi connectivity index (χ4v) is 1.26. The summed E-state index contributed by atoms with van der Waals surface area (Å²) in [5.41, 5.74) is -0.101. The summed E-state index contributed by atoms with van der Waals surface area (Å²) in [4.78, 5) is 12.8. The van der Waals surface area contributed by atoms with Crippen LogP contribution in [0.5, 0.6) is 0 Å². The lowest BCUT2D eigenvalue weighted by atomic mass is 10.3. The highest BCUT2D eigenvalue weighted by Gasteiger charge is 2.29. The van der Waals surface area contributed by atoms with Gasteiger partial charge in [-0.2, -0.15) is 5.26 Å². The number of nitrogens with zero attached hydrogens (tertiary/aromatic N) is 2. The highest BCUT2D eigenvalue weighted by atomic mass is 16.3. The molecule has 0 aromatic rings. The van der Waals surface area contributed by atoms with Crippen molar-refractivity contribution in [1.82, 2.24) is 4.90 Å². The molecule has 1 amide bonds. The van der Waals surface area contributed by atoms with Crippen LogP contribution in [-0.2, 0) is 4.79 Å². The van der Waals surface area contributed by atoms with Crippen molar-refractivity contribution in [2.75, 3.05) is 13.1 Å². The van der Waals surface area contributed by atoms with Crippen LogP contribution in [0.4, 0.5) is 0 Å². The fraction of sp³-hybridized carbons (Fsp3) is 0.556. The van der Waals surface area contributed by atoms with Gasteiger partial charge in [-0.25, -0.2) is 0 Å². The van der Waals surface area contributed by atoms with Gasteiger partial charge in [0.15, 0.2) is 5.57 Å². The second-order valence-electron chi connectivity index (χ2n) is 3.01. The summed E-state index contributed by atoms with van der Waals surface area (Å²) in [5, 5.41) is 17.8. The van der Waals surface area contributed by atoms with Crippen LogP contribution >= 0.6 is 0 Å². The Labute approximate surface area is 77.1 Å². The smallest absolute Gasteiger partial charge is 0.268 e. The Hall–Kier alpha value is -1.50. The van der Waals surface area contributed by atoms with E-state index in [2.05, 4.69) is 0 Å². The van der Waals surface area contributed by atoms with Gasteiger partial charge in [-0.05, 0) is 6.42 Å². The number of unbranched alkanes of at least 4 members (excludes halogenated alkanes) is 1. The predicted molar refractivity (Wildman–Crippen MR) is 46.8 cm³/mol. The van der Waals surface area contributed by atoms with Gasteiger partial charge in [-0.15, -0.1) is 0 Å². The maximum absolute atomic E-state index is 11.3. The minimum absolute atomic E-state index is 0.0939. The van der Waals surface area contributed by atoms with Crippen molar-refractivity contribution < 1.29 is 9.90 Å². The number of carbonyl (C=O) groups is 1. The molecule has 0 aromatic carbocycles. The third-order valence-electron chi connectivity index (χ3n) is 2.02. The van der Waals surface area contributed by atoms with E-state index in [0.29, 0.717) is 6.54 Å². The van der Waals surface area contributed by atoms with E-state index in [1.165, 1.54) is 4.90 Å². The van der Waals surface area contributed by atoms with Crippen molar-refractivity contribution in [2.24, 2.45) is 0 Å². The molecule has 1 heterocycles. The van der Waals surface area contributed by atoms with E-state index in [0.717, 1.165) is 12.8 Å². The number of carbonyl (C=O) groups excluding carboxylic acids is 1. The van der Waals surface area contributed by atoms with Crippen molar-refractivity contribution in [3.8, 4) is 6.07 Å². The second-order valence-corrected chi connectivity index (χ2v) is 3.01. The molecule has 0 atom stereocenters. The Balaban J connectivity index is 2.61. The number of hydrogen-bond acceptors (Lipinski definition) is 3. The lowest BCUT2D eigenvalue weighted by Gasteiger charge is -2.14. The van der Waals surface area contributed by atoms with Crippen LogP contribution in [-0.4, -0.2) is 29.0 Å². The Morgan fingerprint density at radius 1 is 1.69 bits per heavy atom. The quantitative estimate of drug-likeness (QED) is 0.703. The molecule has 0 spiro atoms. The summed E-state index contributed by atoms with van der Waals surface area (Å²) in [7, 11) is 0. The topological polar surface area (TPSA) is 64.3 Å². The molecule has 0 saturated heterocycles. The maximum Gasteiger partial charge on any atom is 0.268 e. The highest BCUT2D eigenvalue weighted by molar-refractivity contribution is 6.00. The zero-order chi connectivity index (χ0) is 9.84. The van der Waals surface area contributed by atoms with Gasteiger partial charge >= 0.3 is 0 Å². The van der Waals surface area contributed by atoms with E-state index in [1.54, 1.807) is 6.07 Å². The molecule has 0 fully saturated rings. The van der Waals surface area contributed by atoms with Crippen LogP contribution < -0.4 is 0 Å². The number of amides is 1. The average molecular weight is 180 g/mol. The normalized spacial score (nSPS) is 16.6. The molecular weight excluding hydrogens is 168 g/mol. The third-order valence-corrected chi connectivity index (χ3v) is 2.02. The lowest BCUT2D eigenvalue weighted by Crippen LogP contribution is -2.28. The Bertz CT molecular complexity index is 288. The number of aliphatic hydroxyl groups excluding tert-OH is 1. The van der Waals surface area contributed by atoms with E-state index in [4.69, 9.17) is 5.26 Å². The molecule has 0 saturated carbocycles. The van der Waals surface area contributed by atoms with Gasteiger partial charge in [-0.1, -0.05) is 13.3 Å². The van der Waals surface area contributed by atoms with Gasteiger partial charge in [0, 0.05) is 6.54 Å². The van der Waals surface area contributed by atoms with E-state index < -0.39 is 0 Å². The zero-order valence-corrected chi connectivity index (χ0v) is 7.58. The van der Waals surface area contributed by atoms with Crippen molar-refractivity contribution in [2.45, 2.75) is 19.8 Å². The van der Waals surface area contributed by atoms with Crippen molar-refractivity contribution in [1.29, 1.82) is 5.26 Å². The molecule has 13 heavy (non-hydrogen) atoms. The molecule has 0 unspecified atom stereocenters. The largest absolute Gasteiger partial charge is 0.509 e. The molecule has 0 bridgehead atoms. The molecule has 1 aliphatic heterocycles. The first-order chi connectivity index (χ1) is 6.20. The van der Waals surface area contributed by atoms with Gasteiger partial charge < -0.3 is 10.0 Å². The van der Waals surface area contributed by atoms with Gasteiger partial charge in [0.2, 0.25) is 0 Å². The summed E-state index contributed by atoms with van der Waals surface area (Å²) >= 11 is 0. The van der Waals surface area contributed by atoms with Crippen LogP contribution in [0, 0.1) is 11.3 Å². The molecule has 70 valence electrons. The van der Waals surface area contributed by atoms with E-state index in [1.807, 2.05) is 6.92 Å². The highest BCUT2D eigenvalue weighted by Crippen LogP contribution is 2.16. The molecule has 4 heteroatoms. The minimum Gasteiger partial charge on any atom is -0.509 e. The van der Waals surface area contributed by atoms with Crippen LogP contribution in [0.3, 0.4) is 0 Å². The molecule has 0 radical (unpaired) electrons. The summed E-state index contributed by atoms with van der Waals surface area (Å²) in [5.74, 6) is -0.433. The van der Waals surface area contributed by atoms with Crippen molar-refractivity contribution in [3.05, 3.63) is 11.3 Å². The molecule has 1 aliphatic rings. The summed E-state index contributed by atoms with van der Waals surface area (Å²) in [6.07, 6.45) is 1.89. The molecule has 0 aliphatic carbocycles. The number of aliphatic hydroxyl groups is 1. The molecule has 1 N–H and O–H groups in total. The zero-order valence-electron chi connectivity index (χ0n) is 7.58. The second kappa shape index (κ2) is 3.94. The molecule has 4 nitrogen and oxygen atoms in total. The first-order valence-electron chi connectivity index (χ1n) is 4.32. The number of nitriles is 1. The summed E-state index contributed by atoms with van der Waals surface area (Å²) in [6, 6.07) is 1.71. The van der Waals surface area contributed by atoms with E-state index >= 15 is 0 Å². The van der Waals surface area contributed by atoms with Gasteiger partial charge in [0.05, 0.1) is 6.54 Å². The van der Waals surface area contributed by atoms with E-state index in [9.17, 15) is 9.90 Å². The standard InChI is InChI=1S/C9H12N2O2/c1-2-3-4-11-6-8(12)7(5-10)9(11)13/h12H,2-4,6H2,1H3. The Morgan fingerprint density at radius 2 is 2.38 bits per heavy atom. The van der Waals surface area contributed by atoms with Crippen molar-refractivity contribution in [3.63, 3.8) is 0 Å². The minimum atomic E-state index is -0.339. The van der Waals surface area contributed by atoms with Gasteiger partial charge in [-0.3, -0.25) is 4.79 Å². The maximum atomic E-state index is 11.3. The number of hydrogen-bond donors (Lipinski definition) is 1. The van der Waals surface area contributed by atoms with Crippen LogP contribution in [0.1, 0.15) is 19.8 Å². The van der Waals surface area contributed by atoms with Gasteiger partial charge in [0.1, 0.15) is 11.8 Å². The average Bonchev–Trinajstić information content (AvgIpc) is 2.38. The van der Waals surface area contributed by atoms with Crippen LogP contribution in [0.25, 0.3) is 0 Å². The van der Waals surface area contributed by atoms with E-state index in [-0.39, 0.29) is 23.8 Å². The summed E-state index contributed by atoms with van der Waals surface area (Å²) < 4.78 is 0. The molecular formula is C9H12N2O2. The molecule has 1 rings (SSSR count). The molecule has 0 aromatic heterocycles. The monoisotopic (exact) mass is 180 g/mol. The Kier molecular flexibility index (Phi) is 2.91. The Morgan fingerprint density at radius 3 is 2.85 bits per heavy atom. The predicted octanol–water partition coefficient (Wildman–Crippen LogP) is 0.964. The fourth-order valence-electron chi connectivity index (χ4n) is 1.26. The lowest BCUT2D eigenvalue weighted by molar-refractivity contribution is -0.125. The first kappa shape index (κ1) is 9.59. The van der Waals surface area contributed by atoms with Crippen molar-refractivity contribution >= 4 is 5.91 Å². The SMILES string of the molecule is CCCCN1CC(O)=C(C#N)C1=O. The number of rotatable bonds is 3. The summed E-state index contributed by atoms with van der Waals surface area (Å²) in [6.45, 7) is 2.84.